The second-order valence-electron chi connectivity index (χ2n) is 7.36. The van der Waals surface area contributed by atoms with Gasteiger partial charge in [-0.25, -0.2) is 23.2 Å². The zero-order chi connectivity index (χ0) is 22.8. The molecule has 1 aromatic heterocycles. The van der Waals surface area contributed by atoms with Crippen molar-refractivity contribution in [1.29, 1.82) is 0 Å². The Balaban J connectivity index is 1.78. The van der Waals surface area contributed by atoms with Crippen molar-refractivity contribution < 1.29 is 18.4 Å². The fourth-order valence-corrected chi connectivity index (χ4v) is 4.91. The fourth-order valence-electron chi connectivity index (χ4n) is 3.40. The van der Waals surface area contributed by atoms with E-state index in [0.29, 0.717) is 18.7 Å². The van der Waals surface area contributed by atoms with Crippen LogP contribution in [0.1, 0.15) is 32.1 Å². The van der Waals surface area contributed by atoms with Crippen LogP contribution in [0.15, 0.2) is 83.9 Å². The smallest absolute Gasteiger partial charge is 0.265 e. The van der Waals surface area contributed by atoms with Gasteiger partial charge < -0.3 is 0 Å². The van der Waals surface area contributed by atoms with Gasteiger partial charge in [0.1, 0.15) is 5.82 Å². The van der Waals surface area contributed by atoms with Crippen molar-refractivity contribution in [3.8, 4) is 11.1 Å². The average molecular weight is 454 g/mol. The minimum atomic E-state index is -3.82. The summed E-state index contributed by atoms with van der Waals surface area (Å²) in [5.41, 5.74) is 3.39. The Morgan fingerprint density at radius 3 is 2.31 bits per heavy atom. The summed E-state index contributed by atoms with van der Waals surface area (Å²) in [6.45, 7) is 0.279. The molecule has 1 amide bonds. The third kappa shape index (κ3) is 6.15. The van der Waals surface area contributed by atoms with Gasteiger partial charge in [0.15, 0.2) is 0 Å². The zero-order valence-electron chi connectivity index (χ0n) is 17.7. The zero-order valence-corrected chi connectivity index (χ0v) is 18.5. The number of nitrogens with zero attached hydrogens (tertiary/aromatic N) is 2. The van der Waals surface area contributed by atoms with Gasteiger partial charge in [0.2, 0.25) is 5.91 Å². The van der Waals surface area contributed by atoms with Crippen LogP contribution in [0.2, 0.25) is 0 Å². The summed E-state index contributed by atoms with van der Waals surface area (Å²) < 4.78 is 28.5. The highest BCUT2D eigenvalue weighted by molar-refractivity contribution is 7.92. The lowest BCUT2D eigenvalue weighted by Gasteiger charge is -2.23. The number of anilines is 1. The molecule has 0 spiro atoms. The molecule has 32 heavy (non-hydrogen) atoms. The van der Waals surface area contributed by atoms with Gasteiger partial charge in [0.05, 0.1) is 4.90 Å². The lowest BCUT2D eigenvalue weighted by Crippen LogP contribution is -2.32. The predicted octanol–water partition coefficient (Wildman–Crippen LogP) is 4.40. The Labute approximate surface area is 188 Å². The van der Waals surface area contributed by atoms with Crippen molar-refractivity contribution in [3.05, 3.63) is 79.0 Å². The summed E-state index contributed by atoms with van der Waals surface area (Å²) >= 11 is 0. The summed E-state index contributed by atoms with van der Waals surface area (Å²) in [6.07, 6.45) is 4.57. The molecule has 0 aliphatic rings. The first-order valence-corrected chi connectivity index (χ1v) is 12.0. The minimum absolute atomic E-state index is 0.212. The number of rotatable bonds is 11. The maximum atomic E-state index is 13.6. The van der Waals surface area contributed by atoms with E-state index in [4.69, 9.17) is 5.21 Å². The molecule has 0 fully saturated rings. The van der Waals surface area contributed by atoms with Gasteiger partial charge in [-0.15, -0.1) is 0 Å². The van der Waals surface area contributed by atoms with Gasteiger partial charge in [-0.3, -0.25) is 10.0 Å². The van der Waals surface area contributed by atoms with Crippen LogP contribution < -0.4 is 9.79 Å². The van der Waals surface area contributed by atoms with Crippen LogP contribution >= 0.6 is 0 Å². The number of aromatic nitrogens is 1. The van der Waals surface area contributed by atoms with E-state index in [1.807, 2.05) is 36.4 Å². The number of benzene rings is 2. The fraction of sp³-hybridized carbons (Fsp3) is 0.250. The van der Waals surface area contributed by atoms with Crippen LogP contribution in [0, 0.1) is 0 Å². The Kier molecular flexibility index (Phi) is 8.35. The molecule has 0 saturated heterocycles. The van der Waals surface area contributed by atoms with Crippen LogP contribution in [0.3, 0.4) is 0 Å². The molecule has 168 valence electrons. The van der Waals surface area contributed by atoms with E-state index < -0.39 is 15.9 Å². The highest BCUT2D eigenvalue weighted by Gasteiger charge is 2.25. The van der Waals surface area contributed by atoms with Crippen LogP contribution in [-0.4, -0.2) is 31.1 Å². The first-order chi connectivity index (χ1) is 15.5. The Bertz CT molecular complexity index is 1110. The maximum Gasteiger partial charge on any atom is 0.265 e. The van der Waals surface area contributed by atoms with E-state index in [2.05, 4.69) is 4.98 Å². The van der Waals surface area contributed by atoms with Gasteiger partial charge >= 0.3 is 0 Å². The largest absolute Gasteiger partial charge is 0.289 e. The minimum Gasteiger partial charge on any atom is -0.289 e. The van der Waals surface area contributed by atoms with Crippen LogP contribution in [0.25, 0.3) is 11.1 Å². The number of carbonyl (C=O) groups is 1. The number of hydrogen-bond acceptors (Lipinski definition) is 5. The Morgan fingerprint density at radius 1 is 0.875 bits per heavy atom. The third-order valence-electron chi connectivity index (χ3n) is 5.07. The molecule has 7 nitrogen and oxygen atoms in total. The molecular formula is C24H27N3O4S. The Hall–Kier alpha value is -3.23. The van der Waals surface area contributed by atoms with E-state index >= 15 is 0 Å². The summed E-state index contributed by atoms with van der Waals surface area (Å²) in [4.78, 5) is 15.6. The van der Waals surface area contributed by atoms with Gasteiger partial charge in [0, 0.05) is 19.2 Å². The molecule has 0 saturated carbocycles. The molecule has 8 heteroatoms. The summed E-state index contributed by atoms with van der Waals surface area (Å²) in [6, 6.07) is 21.8. The molecule has 2 aromatic carbocycles. The molecule has 3 rings (SSSR count). The van der Waals surface area contributed by atoms with E-state index in [1.165, 1.54) is 4.31 Å². The number of amides is 1. The second kappa shape index (κ2) is 11.4. The van der Waals surface area contributed by atoms with Gasteiger partial charge in [-0.1, -0.05) is 61.4 Å². The van der Waals surface area contributed by atoms with E-state index in [1.54, 1.807) is 48.1 Å². The molecule has 0 atom stereocenters. The number of nitrogens with one attached hydrogen (secondary N) is 1. The van der Waals surface area contributed by atoms with Gasteiger partial charge in [0.25, 0.3) is 10.0 Å². The van der Waals surface area contributed by atoms with Crippen molar-refractivity contribution in [3.63, 3.8) is 0 Å². The topological polar surface area (TPSA) is 99.6 Å². The first-order valence-electron chi connectivity index (χ1n) is 10.5. The average Bonchev–Trinajstić information content (AvgIpc) is 2.84. The quantitative estimate of drug-likeness (QED) is 0.255. The van der Waals surface area contributed by atoms with E-state index in [9.17, 15) is 13.2 Å². The SMILES string of the molecule is O=C(CCCCCCN(c1ccccn1)S(=O)(=O)c1cccc(-c2ccccc2)c1)NO. The number of carbonyl (C=O) groups excluding carboxylic acids is 1. The molecule has 0 aliphatic carbocycles. The number of sulfonamides is 1. The van der Waals surface area contributed by atoms with E-state index in [-0.39, 0.29) is 17.9 Å². The van der Waals surface area contributed by atoms with Crippen LogP contribution in [-0.2, 0) is 14.8 Å². The second-order valence-corrected chi connectivity index (χ2v) is 9.22. The number of pyridine rings is 1. The number of unbranched alkanes of at least 4 members (excludes halogenated alkanes) is 3. The highest BCUT2D eigenvalue weighted by Crippen LogP contribution is 2.27. The van der Waals surface area contributed by atoms with Crippen molar-refractivity contribution in [2.24, 2.45) is 0 Å². The molecule has 0 aliphatic heterocycles. The summed E-state index contributed by atoms with van der Waals surface area (Å²) in [7, 11) is -3.82. The lowest BCUT2D eigenvalue weighted by molar-refractivity contribution is -0.129. The summed E-state index contributed by atoms with van der Waals surface area (Å²) in [5.74, 6) is -0.0433. The lowest BCUT2D eigenvalue weighted by atomic mass is 10.1. The molecule has 1 heterocycles. The highest BCUT2D eigenvalue weighted by atomic mass is 32.2. The van der Waals surface area contributed by atoms with Gasteiger partial charge in [-0.05, 0) is 48.2 Å². The van der Waals surface area contributed by atoms with Crippen molar-refractivity contribution >= 4 is 21.7 Å². The standard InChI is InChI=1S/C24H27N3O4S/c28-24(26-29)16-6-1-2-9-18-27(23-15-7-8-17-25-23)32(30,31)22-14-10-13-21(19-22)20-11-4-3-5-12-20/h3-5,7-8,10-15,17,19,29H,1-2,6,9,16,18H2,(H,26,28). The van der Waals surface area contributed by atoms with Crippen LogP contribution in [0.5, 0.6) is 0 Å². The molecule has 3 aromatic rings. The van der Waals surface area contributed by atoms with Gasteiger partial charge in [-0.2, -0.15) is 0 Å². The molecule has 0 unspecified atom stereocenters. The molecule has 0 radical (unpaired) electrons. The third-order valence-corrected chi connectivity index (χ3v) is 6.87. The molecule has 2 N–H and O–H groups in total. The molecular weight excluding hydrogens is 426 g/mol. The maximum absolute atomic E-state index is 13.6. The molecule has 0 bridgehead atoms. The Morgan fingerprint density at radius 2 is 1.59 bits per heavy atom. The van der Waals surface area contributed by atoms with E-state index in [0.717, 1.165) is 24.0 Å². The predicted molar refractivity (Wildman–Crippen MR) is 124 cm³/mol. The van der Waals surface area contributed by atoms with Crippen molar-refractivity contribution in [2.75, 3.05) is 10.8 Å². The number of hydrogen-bond donors (Lipinski definition) is 2. The first kappa shape index (κ1) is 23.4. The van der Waals surface area contributed by atoms with Crippen LogP contribution in [0.4, 0.5) is 5.82 Å². The van der Waals surface area contributed by atoms with Crippen molar-refractivity contribution in [1.82, 2.24) is 10.5 Å². The van der Waals surface area contributed by atoms with Crippen molar-refractivity contribution in [2.45, 2.75) is 37.0 Å². The number of hydroxylamine groups is 1. The summed E-state index contributed by atoms with van der Waals surface area (Å²) in [5, 5.41) is 8.55. The normalized spacial score (nSPS) is 11.2. The monoisotopic (exact) mass is 453 g/mol.